The van der Waals surface area contributed by atoms with Crippen LogP contribution in [0.3, 0.4) is 0 Å². The molecule has 0 aromatic heterocycles. The molecule has 0 amide bonds. The van der Waals surface area contributed by atoms with Gasteiger partial charge in [-0.05, 0) is 24.6 Å². The van der Waals surface area contributed by atoms with Gasteiger partial charge in [0.15, 0.2) is 6.29 Å². The van der Waals surface area contributed by atoms with Gasteiger partial charge in [-0.25, -0.2) is 0 Å². The van der Waals surface area contributed by atoms with Crippen LogP contribution in [0, 0.1) is 6.92 Å². The van der Waals surface area contributed by atoms with Crippen LogP contribution in [0.15, 0.2) is 59.5 Å². The minimum absolute atomic E-state index is 0.0821. The Hall–Kier alpha value is -1.77. The van der Waals surface area contributed by atoms with E-state index in [2.05, 4.69) is 0 Å². The van der Waals surface area contributed by atoms with Crippen LogP contribution < -0.4 is 0 Å². The Labute approximate surface area is 166 Å². The van der Waals surface area contributed by atoms with E-state index in [1.807, 2.05) is 37.3 Å². The van der Waals surface area contributed by atoms with Crippen LogP contribution in [0.5, 0.6) is 0 Å². The third-order valence-electron chi connectivity index (χ3n) is 4.64. The summed E-state index contributed by atoms with van der Waals surface area (Å²) < 4.78 is 47.1. The second-order valence-electron chi connectivity index (χ2n) is 6.87. The SMILES string of the molecule is CO[C@H]1C[C@@H](OCc2ccccc2)C[C@@H](COS(=O)(=O)c2ccc(C)cc2)O1. The topological polar surface area (TPSA) is 71.1 Å². The van der Waals surface area contributed by atoms with E-state index in [0.29, 0.717) is 19.4 Å². The van der Waals surface area contributed by atoms with Crippen LogP contribution in [-0.4, -0.2) is 40.6 Å². The van der Waals surface area contributed by atoms with E-state index >= 15 is 0 Å². The van der Waals surface area contributed by atoms with Crippen LogP contribution in [-0.2, 0) is 35.1 Å². The molecule has 0 N–H and O–H groups in total. The van der Waals surface area contributed by atoms with Gasteiger partial charge in [0, 0.05) is 20.0 Å². The second-order valence-corrected chi connectivity index (χ2v) is 8.48. The highest BCUT2D eigenvalue weighted by molar-refractivity contribution is 7.86. The molecular weight excluding hydrogens is 380 g/mol. The highest BCUT2D eigenvalue weighted by atomic mass is 32.2. The summed E-state index contributed by atoms with van der Waals surface area (Å²) in [7, 11) is -2.27. The molecule has 2 aromatic rings. The van der Waals surface area contributed by atoms with Crippen LogP contribution in [0.25, 0.3) is 0 Å². The van der Waals surface area contributed by atoms with Crippen LogP contribution in [0.4, 0.5) is 0 Å². The fourth-order valence-electron chi connectivity index (χ4n) is 3.05. The first kappa shape index (κ1) is 21.0. The quantitative estimate of drug-likeness (QED) is 0.626. The van der Waals surface area contributed by atoms with E-state index in [4.69, 9.17) is 18.4 Å². The molecule has 7 heteroatoms. The lowest BCUT2D eigenvalue weighted by Crippen LogP contribution is -2.40. The maximum atomic E-state index is 12.4. The monoisotopic (exact) mass is 406 g/mol. The van der Waals surface area contributed by atoms with Crippen LogP contribution in [0.1, 0.15) is 24.0 Å². The van der Waals surface area contributed by atoms with Gasteiger partial charge in [0.1, 0.15) is 0 Å². The lowest BCUT2D eigenvalue weighted by Gasteiger charge is -2.34. The first-order valence-electron chi connectivity index (χ1n) is 9.26. The number of aryl methyl sites for hydroxylation is 1. The summed E-state index contributed by atoms with van der Waals surface area (Å²) >= 11 is 0. The Morgan fingerprint density at radius 2 is 1.75 bits per heavy atom. The fourth-order valence-corrected chi connectivity index (χ4v) is 3.99. The van der Waals surface area contributed by atoms with E-state index in [-0.39, 0.29) is 17.6 Å². The first-order valence-corrected chi connectivity index (χ1v) is 10.7. The molecule has 28 heavy (non-hydrogen) atoms. The Bertz CT molecular complexity index is 835. The molecule has 0 bridgehead atoms. The van der Waals surface area contributed by atoms with Crippen LogP contribution >= 0.6 is 0 Å². The third-order valence-corrected chi connectivity index (χ3v) is 5.93. The summed E-state index contributed by atoms with van der Waals surface area (Å²) in [6, 6.07) is 16.4. The summed E-state index contributed by atoms with van der Waals surface area (Å²) in [5.41, 5.74) is 2.06. The molecule has 0 spiro atoms. The highest BCUT2D eigenvalue weighted by Gasteiger charge is 2.31. The standard InChI is InChI=1S/C21H26O6S/c1-16-8-10-20(11-9-16)28(22,23)26-15-19-12-18(13-21(24-2)27-19)25-14-17-6-4-3-5-7-17/h3-11,18-19,21H,12-15H2,1-2H3/t18-,19-,21+/m0/s1. The molecule has 0 aliphatic carbocycles. The summed E-state index contributed by atoms with van der Waals surface area (Å²) in [5, 5.41) is 0. The average molecular weight is 407 g/mol. The van der Waals surface area contributed by atoms with Crippen molar-refractivity contribution < 1.29 is 26.8 Å². The number of benzene rings is 2. The van der Waals surface area contributed by atoms with Gasteiger partial charge in [0.2, 0.25) is 0 Å². The van der Waals surface area contributed by atoms with Crippen molar-refractivity contribution in [3.05, 3.63) is 65.7 Å². The largest absolute Gasteiger partial charge is 0.373 e. The van der Waals surface area contributed by atoms with Gasteiger partial charge in [0.05, 0.1) is 30.3 Å². The van der Waals surface area contributed by atoms with Crippen molar-refractivity contribution in [3.63, 3.8) is 0 Å². The van der Waals surface area contributed by atoms with Gasteiger partial charge in [-0.1, -0.05) is 48.0 Å². The van der Waals surface area contributed by atoms with E-state index in [0.717, 1.165) is 11.1 Å². The van der Waals surface area contributed by atoms with Crippen molar-refractivity contribution in [1.29, 1.82) is 0 Å². The number of hydrogen-bond acceptors (Lipinski definition) is 6. The number of rotatable bonds is 8. The smallest absolute Gasteiger partial charge is 0.297 e. The summed E-state index contributed by atoms with van der Waals surface area (Å²) in [6.07, 6.45) is 0.139. The minimum atomic E-state index is -3.83. The Morgan fingerprint density at radius 1 is 1.04 bits per heavy atom. The Kier molecular flexibility index (Phi) is 7.20. The predicted molar refractivity (Wildman–Crippen MR) is 104 cm³/mol. The molecule has 0 unspecified atom stereocenters. The molecule has 0 radical (unpaired) electrons. The van der Waals surface area contributed by atoms with Crippen molar-refractivity contribution >= 4 is 10.1 Å². The maximum absolute atomic E-state index is 12.4. The van der Waals surface area contributed by atoms with Gasteiger partial charge < -0.3 is 14.2 Å². The normalized spacial score (nSPS) is 22.9. The van der Waals surface area contributed by atoms with Gasteiger partial charge in [-0.15, -0.1) is 0 Å². The molecule has 0 saturated carbocycles. The molecule has 1 aliphatic heterocycles. The number of hydrogen-bond donors (Lipinski definition) is 0. The van der Waals surface area contributed by atoms with E-state index in [1.165, 1.54) is 12.1 Å². The lowest BCUT2D eigenvalue weighted by molar-refractivity contribution is -0.217. The number of ether oxygens (including phenoxy) is 3. The van der Waals surface area contributed by atoms with Gasteiger partial charge in [-0.3, -0.25) is 4.18 Å². The zero-order chi connectivity index (χ0) is 20.0. The molecular formula is C21H26O6S. The van der Waals surface area contributed by atoms with Gasteiger partial charge >= 0.3 is 0 Å². The molecule has 3 rings (SSSR count). The zero-order valence-corrected chi connectivity index (χ0v) is 16.9. The van der Waals surface area contributed by atoms with E-state index < -0.39 is 22.5 Å². The molecule has 1 saturated heterocycles. The second kappa shape index (κ2) is 9.62. The molecule has 2 aromatic carbocycles. The van der Waals surface area contributed by atoms with Gasteiger partial charge in [0.25, 0.3) is 10.1 Å². The Balaban J connectivity index is 1.57. The Morgan fingerprint density at radius 3 is 2.43 bits per heavy atom. The van der Waals surface area contributed by atoms with Crippen molar-refractivity contribution in [1.82, 2.24) is 0 Å². The predicted octanol–water partition coefficient (Wildman–Crippen LogP) is 3.44. The van der Waals surface area contributed by atoms with E-state index in [9.17, 15) is 8.42 Å². The fraction of sp³-hybridized carbons (Fsp3) is 0.429. The summed E-state index contributed by atoms with van der Waals surface area (Å²) in [4.78, 5) is 0.133. The zero-order valence-electron chi connectivity index (χ0n) is 16.1. The molecule has 152 valence electrons. The maximum Gasteiger partial charge on any atom is 0.297 e. The van der Waals surface area contributed by atoms with Gasteiger partial charge in [-0.2, -0.15) is 8.42 Å². The minimum Gasteiger partial charge on any atom is -0.373 e. The molecule has 6 nitrogen and oxygen atoms in total. The average Bonchev–Trinajstić information content (AvgIpc) is 2.72. The highest BCUT2D eigenvalue weighted by Crippen LogP contribution is 2.25. The van der Waals surface area contributed by atoms with E-state index in [1.54, 1.807) is 19.2 Å². The lowest BCUT2D eigenvalue weighted by atomic mass is 10.1. The molecule has 1 fully saturated rings. The van der Waals surface area contributed by atoms with Crippen molar-refractivity contribution in [3.8, 4) is 0 Å². The van der Waals surface area contributed by atoms with Crippen LogP contribution in [0.2, 0.25) is 0 Å². The summed E-state index contributed by atoms with van der Waals surface area (Å²) in [6.45, 7) is 2.30. The number of methoxy groups -OCH3 is 1. The van der Waals surface area contributed by atoms with Crippen molar-refractivity contribution in [2.24, 2.45) is 0 Å². The molecule has 1 heterocycles. The first-order chi connectivity index (χ1) is 13.5. The van der Waals surface area contributed by atoms with Crippen molar-refractivity contribution in [2.75, 3.05) is 13.7 Å². The molecule has 1 aliphatic rings. The third kappa shape index (κ3) is 5.86. The molecule has 3 atom stereocenters. The summed E-state index contributed by atoms with van der Waals surface area (Å²) in [5.74, 6) is 0. The van der Waals surface area contributed by atoms with Crippen molar-refractivity contribution in [2.45, 2.75) is 49.8 Å².